The average Bonchev–Trinajstić information content (AvgIpc) is 2.99. The molecule has 2 aliphatic rings. The van der Waals surface area contributed by atoms with E-state index in [1.165, 1.54) is 18.7 Å². The number of hydrogen-bond acceptors (Lipinski definition) is 7. The number of aliphatic hydroxyl groups excluding tert-OH is 4. The summed E-state index contributed by atoms with van der Waals surface area (Å²) in [6, 6.07) is -1.10. The van der Waals surface area contributed by atoms with Crippen LogP contribution in [0.15, 0.2) is 0 Å². The summed E-state index contributed by atoms with van der Waals surface area (Å²) in [5.41, 5.74) is -0.750. The predicted octanol–water partition coefficient (Wildman–Crippen LogP) is -2.27. The fraction of sp³-hybridized carbons (Fsp3) is 0.944. The summed E-state index contributed by atoms with van der Waals surface area (Å²) in [5.74, 6) is 0.319. The van der Waals surface area contributed by atoms with Gasteiger partial charge in [0.15, 0.2) is 6.04 Å². The van der Waals surface area contributed by atoms with Crippen LogP contribution in [0, 0.1) is 5.92 Å². The topological polar surface area (TPSA) is 124 Å². The van der Waals surface area contributed by atoms with E-state index in [1.54, 1.807) is 6.26 Å². The van der Waals surface area contributed by atoms with E-state index in [1.807, 2.05) is 7.05 Å². The van der Waals surface area contributed by atoms with E-state index in [2.05, 4.69) is 12.2 Å². The third-order valence-corrected chi connectivity index (χ3v) is 6.66. The van der Waals surface area contributed by atoms with E-state index >= 15 is 0 Å². The molecule has 158 valence electrons. The van der Waals surface area contributed by atoms with Crippen LogP contribution in [0.1, 0.15) is 33.1 Å². The van der Waals surface area contributed by atoms with Crippen LogP contribution in [-0.4, -0.2) is 94.2 Å². The molecule has 1 unspecified atom stereocenters. The van der Waals surface area contributed by atoms with Crippen LogP contribution in [0.4, 0.5) is 0 Å². The van der Waals surface area contributed by atoms with Crippen molar-refractivity contribution < 1.29 is 34.9 Å². The van der Waals surface area contributed by atoms with E-state index in [4.69, 9.17) is 4.74 Å². The number of rotatable bonds is 7. The van der Waals surface area contributed by atoms with E-state index in [-0.39, 0.29) is 11.9 Å². The van der Waals surface area contributed by atoms with Crippen LogP contribution < -0.4 is 10.2 Å². The van der Waals surface area contributed by atoms with Gasteiger partial charge < -0.3 is 35.4 Å². The Balaban J connectivity index is 2.09. The quantitative estimate of drug-likeness (QED) is 0.281. The highest BCUT2D eigenvalue weighted by Crippen LogP contribution is 2.29. The van der Waals surface area contributed by atoms with Gasteiger partial charge in [-0.15, -0.1) is 11.8 Å². The number of amides is 1. The fourth-order valence-corrected chi connectivity index (χ4v) is 4.96. The van der Waals surface area contributed by atoms with Crippen molar-refractivity contribution in [3.63, 3.8) is 0 Å². The molecule has 0 spiro atoms. The Hall–Kier alpha value is -0.420. The zero-order chi connectivity index (χ0) is 20.3. The van der Waals surface area contributed by atoms with Gasteiger partial charge in [-0.25, -0.2) is 0 Å². The van der Waals surface area contributed by atoms with Gasteiger partial charge in [0, 0.05) is 12.3 Å². The average molecular weight is 408 g/mol. The van der Waals surface area contributed by atoms with Gasteiger partial charge >= 0.3 is 0 Å². The lowest BCUT2D eigenvalue weighted by Gasteiger charge is -2.44. The minimum Gasteiger partial charge on any atom is -0.391 e. The Morgan fingerprint density at radius 3 is 2.52 bits per heavy atom. The first kappa shape index (κ1) is 22.9. The highest BCUT2D eigenvalue weighted by atomic mass is 32.2. The van der Waals surface area contributed by atoms with E-state index in [0.717, 1.165) is 30.7 Å². The smallest absolute Gasteiger partial charge is 0.278 e. The molecule has 0 aromatic heterocycles. The summed E-state index contributed by atoms with van der Waals surface area (Å²) in [6.07, 6.45) is -1.39. The molecule has 8 nitrogen and oxygen atoms in total. The molecule has 10 atom stereocenters. The molecule has 1 amide bonds. The zero-order valence-corrected chi connectivity index (χ0v) is 17.4. The molecule has 9 heteroatoms. The molecule has 2 saturated heterocycles. The van der Waals surface area contributed by atoms with Crippen LogP contribution in [-0.2, 0) is 9.53 Å². The molecule has 0 aromatic carbocycles. The molecule has 27 heavy (non-hydrogen) atoms. The molecule has 2 rings (SSSR count). The molecular formula is C18H35N2O6S+. The van der Waals surface area contributed by atoms with Crippen molar-refractivity contribution in [3.05, 3.63) is 0 Å². The number of aliphatic hydroxyl groups is 4. The largest absolute Gasteiger partial charge is 0.391 e. The molecule has 0 aliphatic carbocycles. The number of likely N-dealkylation sites (N-methyl/N-ethyl adjacent to an activating group) is 1. The third-order valence-electron chi connectivity index (χ3n) is 5.81. The number of quaternary nitrogens is 1. The molecule has 0 aromatic rings. The first-order valence-corrected chi connectivity index (χ1v) is 11.0. The number of ether oxygens (including phenoxy) is 1. The summed E-state index contributed by atoms with van der Waals surface area (Å²) in [6.45, 7) is 4.58. The predicted molar refractivity (Wildman–Crippen MR) is 102 cm³/mol. The highest BCUT2D eigenvalue weighted by Gasteiger charge is 2.49. The fourth-order valence-electron chi connectivity index (χ4n) is 4.28. The lowest BCUT2D eigenvalue weighted by molar-refractivity contribution is -0.884. The summed E-state index contributed by atoms with van der Waals surface area (Å²) in [4.78, 5) is 14.0. The van der Waals surface area contributed by atoms with E-state index in [9.17, 15) is 25.2 Å². The molecular weight excluding hydrogens is 372 g/mol. The van der Waals surface area contributed by atoms with Gasteiger partial charge in [-0.05, 0) is 19.6 Å². The Labute approximate surface area is 165 Å². The maximum absolute atomic E-state index is 12.9. The van der Waals surface area contributed by atoms with Gasteiger partial charge in [-0.2, -0.15) is 0 Å². The lowest BCUT2D eigenvalue weighted by atomic mass is 9.92. The van der Waals surface area contributed by atoms with Crippen molar-refractivity contribution in [1.29, 1.82) is 0 Å². The molecule has 6 N–H and O–H groups in total. The maximum Gasteiger partial charge on any atom is 0.278 e. The van der Waals surface area contributed by atoms with Crippen LogP contribution >= 0.6 is 11.8 Å². The molecule has 2 aliphatic heterocycles. The molecule has 0 bridgehead atoms. The second-order valence-electron chi connectivity index (χ2n) is 7.95. The number of thioether (sulfide) groups is 1. The van der Waals surface area contributed by atoms with Crippen molar-refractivity contribution in [2.24, 2.45) is 5.92 Å². The summed E-state index contributed by atoms with van der Waals surface area (Å²) in [7, 11) is 1.99. The van der Waals surface area contributed by atoms with Crippen molar-refractivity contribution >= 4 is 17.7 Å². The standard InChI is InChI=1S/C18H34N2O6S/c1-5-6-10-7-11(20(3)8-10)17(25)19-12(9(2)21)16-14(23)13(22)15(24)18(26-16)27-4/h9-16,18,21-24H,5-8H2,1-4H3,(H,19,25)/p+1/t9-,10-,11+,12+,13+,14-,15-,16-,18-/m1/s1. The third kappa shape index (κ3) is 5.14. The van der Waals surface area contributed by atoms with Gasteiger partial charge in [-0.1, -0.05) is 13.3 Å². The summed E-state index contributed by atoms with van der Waals surface area (Å²) >= 11 is 1.20. The van der Waals surface area contributed by atoms with Gasteiger partial charge in [0.2, 0.25) is 0 Å². The number of hydrogen-bond donors (Lipinski definition) is 6. The van der Waals surface area contributed by atoms with Crippen molar-refractivity contribution in [3.8, 4) is 0 Å². The van der Waals surface area contributed by atoms with Crippen LogP contribution in [0.2, 0.25) is 0 Å². The molecule has 0 saturated carbocycles. The van der Waals surface area contributed by atoms with Crippen LogP contribution in [0.25, 0.3) is 0 Å². The molecule has 2 fully saturated rings. The normalized spacial score (nSPS) is 41.9. The number of nitrogens with one attached hydrogen (secondary N) is 2. The van der Waals surface area contributed by atoms with E-state index in [0.29, 0.717) is 5.92 Å². The Morgan fingerprint density at radius 2 is 1.96 bits per heavy atom. The Kier molecular flexibility index (Phi) is 8.35. The van der Waals surface area contributed by atoms with Crippen molar-refractivity contribution in [1.82, 2.24) is 5.32 Å². The molecule has 0 radical (unpaired) electrons. The van der Waals surface area contributed by atoms with Crippen LogP contribution in [0.3, 0.4) is 0 Å². The zero-order valence-electron chi connectivity index (χ0n) is 16.5. The second-order valence-corrected chi connectivity index (χ2v) is 8.88. The number of likely N-dealkylation sites (tertiary alicyclic amines) is 1. The highest BCUT2D eigenvalue weighted by molar-refractivity contribution is 7.99. The second kappa shape index (κ2) is 9.87. The minimum absolute atomic E-state index is 0.186. The maximum atomic E-state index is 12.9. The number of carbonyl (C=O) groups is 1. The van der Waals surface area contributed by atoms with E-state index < -0.39 is 42.0 Å². The Bertz CT molecular complexity index is 494. The summed E-state index contributed by atoms with van der Waals surface area (Å²) in [5, 5.41) is 43.6. The van der Waals surface area contributed by atoms with Gasteiger partial charge in [0.05, 0.1) is 25.7 Å². The first-order chi connectivity index (χ1) is 12.7. The molecule has 2 heterocycles. The van der Waals surface area contributed by atoms with Gasteiger partial charge in [0.25, 0.3) is 5.91 Å². The van der Waals surface area contributed by atoms with Gasteiger partial charge in [0.1, 0.15) is 29.9 Å². The lowest BCUT2D eigenvalue weighted by Crippen LogP contribution is -3.12. The number of carbonyl (C=O) groups excluding carboxylic acids is 1. The van der Waals surface area contributed by atoms with Gasteiger partial charge in [-0.3, -0.25) is 4.79 Å². The van der Waals surface area contributed by atoms with Crippen molar-refractivity contribution in [2.75, 3.05) is 19.8 Å². The minimum atomic E-state index is -1.41. The van der Waals surface area contributed by atoms with Crippen LogP contribution in [0.5, 0.6) is 0 Å². The van der Waals surface area contributed by atoms with Crippen molar-refractivity contribution in [2.45, 2.75) is 81.1 Å². The monoisotopic (exact) mass is 407 g/mol. The summed E-state index contributed by atoms with van der Waals surface area (Å²) < 4.78 is 5.73. The Morgan fingerprint density at radius 1 is 1.30 bits per heavy atom. The SMILES string of the molecule is CCC[C@@H]1C[C@@H](C(=O)N[C@H]([C@H]2O[C@H](SC)[C@H](O)[C@@H](O)[C@H]2O)[C@@H](C)O)[NH+](C)C1. The first-order valence-electron chi connectivity index (χ1n) is 9.74.